The van der Waals surface area contributed by atoms with Gasteiger partial charge in [-0.3, -0.25) is 4.79 Å². The van der Waals surface area contributed by atoms with Gasteiger partial charge in [-0.1, -0.05) is 6.07 Å². The quantitative estimate of drug-likeness (QED) is 0.790. The largest absolute Gasteiger partial charge is 0.350 e. The van der Waals surface area contributed by atoms with E-state index >= 15 is 0 Å². The Kier molecular flexibility index (Phi) is 4.40. The number of nitrogens with one attached hydrogen (secondary N) is 2. The van der Waals surface area contributed by atoms with Crippen molar-refractivity contribution in [3.63, 3.8) is 0 Å². The highest BCUT2D eigenvalue weighted by atomic mass is 127. The van der Waals surface area contributed by atoms with Crippen LogP contribution in [-0.2, 0) is 0 Å². The van der Waals surface area contributed by atoms with Gasteiger partial charge < -0.3 is 15.5 Å². The van der Waals surface area contributed by atoms with E-state index in [4.69, 9.17) is 0 Å². The second kappa shape index (κ2) is 6.03. The molecule has 1 saturated heterocycles. The Hall–Kier alpha value is -1.31. The molecule has 0 saturated carbocycles. The van der Waals surface area contributed by atoms with Crippen LogP contribution in [0.5, 0.6) is 0 Å². The van der Waals surface area contributed by atoms with Gasteiger partial charge in [-0.05, 0) is 40.8 Å². The Bertz CT molecular complexity index is 464. The van der Waals surface area contributed by atoms with E-state index < -0.39 is 0 Å². The summed E-state index contributed by atoms with van der Waals surface area (Å²) in [5.74, 6) is -0.104. The predicted octanol–water partition coefficient (Wildman–Crippen LogP) is 1.05. The Morgan fingerprint density at radius 1 is 1.50 bits per heavy atom. The first-order valence-corrected chi connectivity index (χ1v) is 6.81. The average molecular weight is 359 g/mol. The molecule has 2 rings (SSSR count). The molecule has 0 aromatic heterocycles. The van der Waals surface area contributed by atoms with E-state index in [1.165, 1.54) is 0 Å². The minimum absolute atomic E-state index is 0.0569. The number of halogens is 1. The van der Waals surface area contributed by atoms with Crippen LogP contribution in [0.15, 0.2) is 24.3 Å². The number of hydrogen-bond acceptors (Lipinski definition) is 2. The van der Waals surface area contributed by atoms with E-state index in [1.54, 1.807) is 11.0 Å². The zero-order chi connectivity index (χ0) is 13.0. The summed E-state index contributed by atoms with van der Waals surface area (Å²) < 4.78 is 1.03. The summed E-state index contributed by atoms with van der Waals surface area (Å²) in [7, 11) is 0. The van der Waals surface area contributed by atoms with Crippen molar-refractivity contribution in [1.29, 1.82) is 0 Å². The van der Waals surface area contributed by atoms with E-state index in [1.807, 2.05) is 18.2 Å². The van der Waals surface area contributed by atoms with Crippen LogP contribution in [0.4, 0.5) is 4.79 Å². The van der Waals surface area contributed by atoms with Crippen molar-refractivity contribution < 1.29 is 9.59 Å². The van der Waals surface area contributed by atoms with Crippen LogP contribution >= 0.6 is 22.6 Å². The topological polar surface area (TPSA) is 61.4 Å². The van der Waals surface area contributed by atoms with Crippen LogP contribution in [0.3, 0.4) is 0 Å². The van der Waals surface area contributed by atoms with Gasteiger partial charge in [0.25, 0.3) is 5.91 Å². The molecule has 6 heteroatoms. The molecule has 1 aliphatic rings. The molecule has 96 valence electrons. The van der Waals surface area contributed by atoms with Crippen molar-refractivity contribution >= 4 is 34.5 Å². The number of rotatable bonds is 4. The predicted molar refractivity (Wildman–Crippen MR) is 76.5 cm³/mol. The first kappa shape index (κ1) is 13.1. The second-order valence-corrected chi connectivity index (χ2v) is 5.23. The van der Waals surface area contributed by atoms with E-state index in [2.05, 4.69) is 33.2 Å². The highest BCUT2D eigenvalue weighted by Gasteiger charge is 2.18. The molecule has 1 aromatic carbocycles. The standard InChI is InChI=1S/C12H14IN3O2/c13-10-3-1-2-9(8-10)11(17)14-4-6-16-7-5-15-12(16)18/h1-3,8H,4-7H2,(H,14,17)(H,15,18). The third kappa shape index (κ3) is 3.34. The zero-order valence-corrected chi connectivity index (χ0v) is 11.9. The molecule has 2 N–H and O–H groups in total. The van der Waals surface area contributed by atoms with E-state index in [0.717, 1.165) is 3.57 Å². The Morgan fingerprint density at radius 2 is 2.33 bits per heavy atom. The third-order valence-electron chi connectivity index (χ3n) is 2.70. The summed E-state index contributed by atoms with van der Waals surface area (Å²) >= 11 is 2.17. The molecule has 0 atom stereocenters. The molecule has 1 fully saturated rings. The molecule has 3 amide bonds. The second-order valence-electron chi connectivity index (χ2n) is 3.99. The number of amides is 3. The van der Waals surface area contributed by atoms with Crippen molar-refractivity contribution in [1.82, 2.24) is 15.5 Å². The number of carbonyl (C=O) groups excluding carboxylic acids is 2. The number of nitrogens with zero attached hydrogens (tertiary/aromatic N) is 1. The Morgan fingerprint density at radius 3 is 3.00 bits per heavy atom. The van der Waals surface area contributed by atoms with Crippen molar-refractivity contribution in [2.75, 3.05) is 26.2 Å². The highest BCUT2D eigenvalue weighted by molar-refractivity contribution is 14.1. The van der Waals surface area contributed by atoms with E-state index in [0.29, 0.717) is 31.7 Å². The smallest absolute Gasteiger partial charge is 0.317 e. The van der Waals surface area contributed by atoms with Crippen LogP contribution in [0.1, 0.15) is 10.4 Å². The Balaban J connectivity index is 1.80. The highest BCUT2D eigenvalue weighted by Crippen LogP contribution is 2.07. The normalized spacial score (nSPS) is 14.5. The van der Waals surface area contributed by atoms with Crippen LogP contribution in [0.2, 0.25) is 0 Å². The molecule has 1 aliphatic heterocycles. The number of urea groups is 1. The summed E-state index contributed by atoms with van der Waals surface area (Å²) in [5, 5.41) is 5.53. The molecule has 1 aromatic rings. The number of benzene rings is 1. The van der Waals surface area contributed by atoms with Crippen LogP contribution in [0.25, 0.3) is 0 Å². The minimum atomic E-state index is -0.104. The van der Waals surface area contributed by atoms with Gasteiger partial charge in [0.05, 0.1) is 0 Å². The maximum absolute atomic E-state index is 11.8. The van der Waals surface area contributed by atoms with Crippen molar-refractivity contribution in [3.8, 4) is 0 Å². The summed E-state index contributed by atoms with van der Waals surface area (Å²) in [6.45, 7) is 2.40. The van der Waals surface area contributed by atoms with Gasteiger partial charge in [-0.15, -0.1) is 0 Å². The fraction of sp³-hybridized carbons (Fsp3) is 0.333. The number of carbonyl (C=O) groups is 2. The average Bonchev–Trinajstić information content (AvgIpc) is 2.75. The first-order chi connectivity index (χ1) is 8.66. The molecule has 0 radical (unpaired) electrons. The molecular formula is C12H14IN3O2. The lowest BCUT2D eigenvalue weighted by molar-refractivity contribution is 0.0950. The lowest BCUT2D eigenvalue weighted by Crippen LogP contribution is -2.36. The maximum atomic E-state index is 11.8. The van der Waals surface area contributed by atoms with Gasteiger partial charge in [0.2, 0.25) is 0 Å². The van der Waals surface area contributed by atoms with Gasteiger partial charge in [0.15, 0.2) is 0 Å². The summed E-state index contributed by atoms with van der Waals surface area (Å²) in [6.07, 6.45) is 0. The summed E-state index contributed by atoms with van der Waals surface area (Å²) in [6, 6.07) is 7.34. The molecule has 0 unspecified atom stereocenters. The van der Waals surface area contributed by atoms with Gasteiger partial charge in [0, 0.05) is 35.3 Å². The SMILES string of the molecule is O=C(NCCN1CCNC1=O)c1cccc(I)c1. The summed E-state index contributed by atoms with van der Waals surface area (Å²) in [5.41, 5.74) is 0.646. The molecule has 0 bridgehead atoms. The molecule has 0 aliphatic carbocycles. The van der Waals surface area contributed by atoms with Gasteiger partial charge >= 0.3 is 6.03 Å². The first-order valence-electron chi connectivity index (χ1n) is 5.73. The van der Waals surface area contributed by atoms with E-state index in [9.17, 15) is 9.59 Å². The van der Waals surface area contributed by atoms with Crippen LogP contribution in [-0.4, -0.2) is 43.0 Å². The van der Waals surface area contributed by atoms with Crippen molar-refractivity contribution in [2.24, 2.45) is 0 Å². The monoisotopic (exact) mass is 359 g/mol. The lowest BCUT2D eigenvalue weighted by Gasteiger charge is -2.14. The fourth-order valence-electron chi connectivity index (χ4n) is 1.76. The van der Waals surface area contributed by atoms with Gasteiger partial charge in [-0.25, -0.2) is 4.79 Å². The molecule has 18 heavy (non-hydrogen) atoms. The van der Waals surface area contributed by atoms with E-state index in [-0.39, 0.29) is 11.9 Å². The van der Waals surface area contributed by atoms with Gasteiger partial charge in [-0.2, -0.15) is 0 Å². The third-order valence-corrected chi connectivity index (χ3v) is 3.37. The minimum Gasteiger partial charge on any atom is -0.350 e. The summed E-state index contributed by atoms with van der Waals surface area (Å²) in [4.78, 5) is 24.8. The molecule has 1 heterocycles. The molecule has 5 nitrogen and oxygen atoms in total. The van der Waals surface area contributed by atoms with Crippen molar-refractivity contribution in [3.05, 3.63) is 33.4 Å². The lowest BCUT2D eigenvalue weighted by atomic mass is 10.2. The van der Waals surface area contributed by atoms with Crippen LogP contribution < -0.4 is 10.6 Å². The van der Waals surface area contributed by atoms with Gasteiger partial charge in [0.1, 0.15) is 0 Å². The fourth-order valence-corrected chi connectivity index (χ4v) is 2.30. The molecular weight excluding hydrogens is 345 g/mol. The number of hydrogen-bond donors (Lipinski definition) is 2. The zero-order valence-electron chi connectivity index (χ0n) is 9.78. The molecule has 0 spiro atoms. The van der Waals surface area contributed by atoms with Crippen LogP contribution in [0, 0.1) is 3.57 Å². The Labute approximate surface area is 119 Å². The maximum Gasteiger partial charge on any atom is 0.317 e. The van der Waals surface area contributed by atoms with Crippen molar-refractivity contribution in [2.45, 2.75) is 0 Å².